The molecular formula is C19H25N3OS. The lowest BCUT2D eigenvalue weighted by Gasteiger charge is -2.45. The smallest absolute Gasteiger partial charge is 0.266 e. The number of amidine groups is 1. The molecule has 0 aliphatic carbocycles. The number of anilines is 1. The minimum atomic E-state index is 0.0182. The van der Waals surface area contributed by atoms with E-state index >= 15 is 0 Å². The Balaban J connectivity index is 1.97. The van der Waals surface area contributed by atoms with Crippen LogP contribution in [0.25, 0.3) is 6.08 Å². The number of amides is 1. The normalized spacial score (nSPS) is 26.4. The molecule has 1 aromatic carbocycles. The number of fused-ring (bicyclic) bond motifs is 1. The van der Waals surface area contributed by atoms with Gasteiger partial charge in [-0.25, -0.2) is 0 Å². The summed E-state index contributed by atoms with van der Waals surface area (Å²) in [5, 5.41) is 0.749. The van der Waals surface area contributed by atoms with E-state index in [0.29, 0.717) is 5.92 Å². The van der Waals surface area contributed by atoms with Crippen LogP contribution in [0.2, 0.25) is 0 Å². The van der Waals surface area contributed by atoms with Gasteiger partial charge < -0.3 is 4.90 Å². The van der Waals surface area contributed by atoms with E-state index in [1.807, 2.05) is 6.08 Å². The zero-order valence-electron chi connectivity index (χ0n) is 15.3. The number of hydrogen-bond acceptors (Lipinski definition) is 4. The summed E-state index contributed by atoms with van der Waals surface area (Å²) in [6, 6.07) is 6.51. The minimum Gasteiger partial charge on any atom is -0.369 e. The number of benzene rings is 1. The highest BCUT2D eigenvalue weighted by molar-refractivity contribution is 8.18. The van der Waals surface area contributed by atoms with E-state index < -0.39 is 0 Å². The zero-order chi connectivity index (χ0) is 17.6. The van der Waals surface area contributed by atoms with Crippen LogP contribution >= 0.6 is 11.8 Å². The molecule has 2 heterocycles. The first-order valence-electron chi connectivity index (χ1n) is 8.27. The number of rotatable bonds is 1. The summed E-state index contributed by atoms with van der Waals surface area (Å²) in [7, 11) is 5.65. The highest BCUT2D eigenvalue weighted by Crippen LogP contribution is 2.43. The largest absolute Gasteiger partial charge is 0.369 e. The van der Waals surface area contributed by atoms with E-state index in [4.69, 9.17) is 0 Å². The summed E-state index contributed by atoms with van der Waals surface area (Å²) < 4.78 is 0. The van der Waals surface area contributed by atoms with Gasteiger partial charge in [0.1, 0.15) is 0 Å². The molecule has 0 unspecified atom stereocenters. The van der Waals surface area contributed by atoms with Crippen molar-refractivity contribution in [2.45, 2.75) is 38.6 Å². The van der Waals surface area contributed by atoms with Crippen LogP contribution in [0.1, 0.15) is 44.2 Å². The van der Waals surface area contributed by atoms with Gasteiger partial charge in [-0.2, -0.15) is 0 Å². The molecule has 0 aromatic heterocycles. The van der Waals surface area contributed by atoms with Crippen molar-refractivity contribution in [3.05, 3.63) is 34.2 Å². The molecule has 1 fully saturated rings. The van der Waals surface area contributed by atoms with E-state index in [-0.39, 0.29) is 11.4 Å². The molecule has 0 radical (unpaired) electrons. The molecule has 2 aliphatic rings. The molecule has 5 heteroatoms. The van der Waals surface area contributed by atoms with Crippen molar-refractivity contribution in [3.63, 3.8) is 0 Å². The Morgan fingerprint density at radius 3 is 2.67 bits per heavy atom. The lowest BCUT2D eigenvalue weighted by molar-refractivity contribution is -0.121. The van der Waals surface area contributed by atoms with E-state index in [1.54, 1.807) is 19.0 Å². The molecule has 3 rings (SSSR count). The molecule has 1 aromatic rings. The first kappa shape index (κ1) is 17.1. The average molecular weight is 343 g/mol. The molecule has 0 spiro atoms. The number of carbonyl (C=O) groups is 1. The highest BCUT2D eigenvalue weighted by Gasteiger charge is 2.34. The first-order valence-corrected chi connectivity index (χ1v) is 9.08. The second kappa shape index (κ2) is 5.96. The molecule has 2 aliphatic heterocycles. The van der Waals surface area contributed by atoms with Crippen molar-refractivity contribution >= 4 is 34.6 Å². The van der Waals surface area contributed by atoms with E-state index in [1.165, 1.54) is 23.0 Å². The van der Waals surface area contributed by atoms with Gasteiger partial charge in [0.15, 0.2) is 5.17 Å². The second-order valence-electron chi connectivity index (χ2n) is 7.28. The molecule has 0 bridgehead atoms. The number of carbonyl (C=O) groups excluding carboxylic acids is 1. The summed E-state index contributed by atoms with van der Waals surface area (Å²) in [4.78, 5) is 21.2. The first-order chi connectivity index (χ1) is 11.2. The minimum absolute atomic E-state index is 0.0182. The third kappa shape index (κ3) is 2.75. The van der Waals surface area contributed by atoms with Crippen LogP contribution in [0.4, 0.5) is 5.69 Å². The molecule has 128 valence electrons. The number of thioether (sulfide) groups is 1. The Kier molecular flexibility index (Phi) is 4.24. The molecule has 1 amide bonds. The quantitative estimate of drug-likeness (QED) is 0.725. The molecule has 1 atom stereocenters. The van der Waals surface area contributed by atoms with Gasteiger partial charge in [-0.15, -0.1) is 0 Å². The molecule has 0 saturated carbocycles. The van der Waals surface area contributed by atoms with Crippen molar-refractivity contribution in [1.82, 2.24) is 4.90 Å². The summed E-state index contributed by atoms with van der Waals surface area (Å²) in [6.07, 6.45) is 3.11. The van der Waals surface area contributed by atoms with Gasteiger partial charge >= 0.3 is 0 Å². The van der Waals surface area contributed by atoms with Crippen molar-refractivity contribution in [2.75, 3.05) is 26.0 Å². The maximum Gasteiger partial charge on any atom is 0.266 e. The number of likely N-dealkylation sites (N-methyl/N-ethyl adjacent to an activating group) is 1. The van der Waals surface area contributed by atoms with E-state index in [9.17, 15) is 4.79 Å². The second-order valence-corrected chi connectivity index (χ2v) is 8.28. The SMILES string of the molecule is CN=C1S/C(=C\c2ccc3c(c2)[C@@H](C)CC(C)(C)N3C)C(=O)N1C. The van der Waals surface area contributed by atoms with Gasteiger partial charge in [0.2, 0.25) is 0 Å². The van der Waals surface area contributed by atoms with Crippen LogP contribution in [0.5, 0.6) is 0 Å². The van der Waals surface area contributed by atoms with Crippen molar-refractivity contribution in [2.24, 2.45) is 4.99 Å². The summed E-state index contributed by atoms with van der Waals surface area (Å²) in [5.74, 6) is 0.525. The van der Waals surface area contributed by atoms with Crippen LogP contribution in [-0.4, -0.2) is 42.7 Å². The van der Waals surface area contributed by atoms with Gasteiger partial charge in [0.25, 0.3) is 5.91 Å². The topological polar surface area (TPSA) is 35.9 Å². The van der Waals surface area contributed by atoms with Gasteiger partial charge in [-0.1, -0.05) is 13.0 Å². The predicted octanol–water partition coefficient (Wildman–Crippen LogP) is 3.94. The molecule has 1 saturated heterocycles. The van der Waals surface area contributed by atoms with Crippen LogP contribution in [-0.2, 0) is 4.79 Å². The number of aliphatic imine (C=N–C) groups is 1. The summed E-state index contributed by atoms with van der Waals surface area (Å²) in [6.45, 7) is 6.87. The summed E-state index contributed by atoms with van der Waals surface area (Å²) >= 11 is 1.44. The van der Waals surface area contributed by atoms with Gasteiger partial charge in [-0.05, 0) is 67.3 Å². The molecule has 0 N–H and O–H groups in total. The monoisotopic (exact) mass is 343 g/mol. The average Bonchev–Trinajstić information content (AvgIpc) is 2.80. The fraction of sp³-hybridized carbons (Fsp3) is 0.474. The predicted molar refractivity (Wildman–Crippen MR) is 104 cm³/mol. The Labute approximate surface area is 148 Å². The third-order valence-corrected chi connectivity index (χ3v) is 6.30. The van der Waals surface area contributed by atoms with Crippen molar-refractivity contribution in [1.29, 1.82) is 0 Å². The van der Waals surface area contributed by atoms with Gasteiger partial charge in [0, 0.05) is 32.4 Å². The maximum atomic E-state index is 12.3. The Bertz CT molecular complexity index is 751. The standard InChI is InChI=1S/C19H25N3OS/c1-12-11-19(2,3)22(6)15-8-7-13(9-14(12)15)10-16-17(23)21(5)18(20-4)24-16/h7-10,12H,11H2,1-6H3/b16-10-,20-18?/t12-/m0/s1. The van der Waals surface area contributed by atoms with Crippen molar-refractivity contribution in [3.8, 4) is 0 Å². The van der Waals surface area contributed by atoms with E-state index in [0.717, 1.165) is 22.1 Å². The van der Waals surface area contributed by atoms with Crippen LogP contribution in [0, 0.1) is 0 Å². The third-order valence-electron chi connectivity index (χ3n) is 5.15. The van der Waals surface area contributed by atoms with Crippen LogP contribution < -0.4 is 4.90 Å². The van der Waals surface area contributed by atoms with Crippen molar-refractivity contribution < 1.29 is 4.79 Å². The lowest BCUT2D eigenvalue weighted by Crippen LogP contribution is -2.45. The Morgan fingerprint density at radius 2 is 2.04 bits per heavy atom. The Morgan fingerprint density at radius 1 is 1.33 bits per heavy atom. The number of hydrogen-bond donors (Lipinski definition) is 0. The molecular weight excluding hydrogens is 318 g/mol. The fourth-order valence-corrected chi connectivity index (χ4v) is 4.51. The number of nitrogens with zero attached hydrogens (tertiary/aromatic N) is 3. The Hall–Kier alpha value is -1.75. The summed E-state index contributed by atoms with van der Waals surface area (Å²) in [5.41, 5.74) is 3.90. The van der Waals surface area contributed by atoms with Crippen LogP contribution in [0.3, 0.4) is 0 Å². The highest BCUT2D eigenvalue weighted by atomic mass is 32.2. The van der Waals surface area contributed by atoms with E-state index in [2.05, 4.69) is 55.9 Å². The van der Waals surface area contributed by atoms with Gasteiger partial charge in [-0.3, -0.25) is 14.7 Å². The van der Waals surface area contributed by atoms with Crippen LogP contribution in [0.15, 0.2) is 28.1 Å². The fourth-order valence-electron chi connectivity index (χ4n) is 3.59. The maximum absolute atomic E-state index is 12.3. The lowest BCUT2D eigenvalue weighted by atomic mass is 9.80. The zero-order valence-corrected chi connectivity index (χ0v) is 16.1. The molecule has 4 nitrogen and oxygen atoms in total. The van der Waals surface area contributed by atoms with Gasteiger partial charge in [0.05, 0.1) is 4.91 Å². The molecule has 24 heavy (non-hydrogen) atoms.